The number of carbonyl (C=O) groups is 1. The second kappa shape index (κ2) is 4.10. The quantitative estimate of drug-likeness (QED) is 0.718. The highest BCUT2D eigenvalue weighted by atomic mass is 16.1. The average molecular weight is 215 g/mol. The van der Waals surface area contributed by atoms with E-state index in [1.807, 2.05) is 31.2 Å². The highest BCUT2D eigenvalue weighted by molar-refractivity contribution is 6.03. The molecule has 0 fully saturated rings. The molecule has 0 atom stereocenters. The number of nitrogens with one attached hydrogen (secondary N) is 2. The fourth-order valence-corrected chi connectivity index (χ4v) is 1.46. The summed E-state index contributed by atoms with van der Waals surface area (Å²) in [5, 5.41) is 2.79. The first-order valence-electron chi connectivity index (χ1n) is 4.97. The van der Waals surface area contributed by atoms with E-state index < -0.39 is 0 Å². The van der Waals surface area contributed by atoms with E-state index in [0.29, 0.717) is 11.4 Å². The highest BCUT2D eigenvalue weighted by Gasteiger charge is 2.07. The molecule has 1 heterocycles. The topological polar surface area (TPSA) is 70.9 Å². The van der Waals surface area contributed by atoms with Crippen LogP contribution in [0.4, 0.5) is 11.4 Å². The standard InChI is InChI=1S/C12H13N3O/c1-8-3-2-4-10(5-8)15-12(16)11-6-9(13)7-14-11/h2-7,14H,13H2,1H3,(H,15,16). The normalized spacial score (nSPS) is 10.1. The first kappa shape index (κ1) is 10.3. The van der Waals surface area contributed by atoms with E-state index in [4.69, 9.17) is 5.73 Å². The number of benzene rings is 1. The number of nitrogens with two attached hydrogens (primary N) is 1. The van der Waals surface area contributed by atoms with E-state index in [1.165, 1.54) is 0 Å². The van der Waals surface area contributed by atoms with E-state index in [1.54, 1.807) is 12.3 Å². The average Bonchev–Trinajstić information content (AvgIpc) is 2.65. The number of hydrogen-bond donors (Lipinski definition) is 3. The van der Waals surface area contributed by atoms with Gasteiger partial charge >= 0.3 is 0 Å². The Labute approximate surface area is 93.5 Å². The summed E-state index contributed by atoms with van der Waals surface area (Å²) in [6.45, 7) is 1.97. The first-order chi connectivity index (χ1) is 7.65. The van der Waals surface area contributed by atoms with Crippen LogP contribution >= 0.6 is 0 Å². The Hall–Kier alpha value is -2.23. The molecule has 0 aliphatic rings. The molecule has 4 heteroatoms. The van der Waals surface area contributed by atoms with Gasteiger partial charge in [-0.2, -0.15) is 0 Å². The van der Waals surface area contributed by atoms with Gasteiger partial charge in [0, 0.05) is 17.6 Å². The van der Waals surface area contributed by atoms with Gasteiger partial charge in [0.1, 0.15) is 5.69 Å². The van der Waals surface area contributed by atoms with Crippen LogP contribution in [0.5, 0.6) is 0 Å². The number of carbonyl (C=O) groups excluding carboxylic acids is 1. The molecular weight excluding hydrogens is 202 g/mol. The summed E-state index contributed by atoms with van der Waals surface area (Å²) in [6, 6.07) is 9.23. The third-order valence-electron chi connectivity index (χ3n) is 2.23. The van der Waals surface area contributed by atoms with Crippen LogP contribution in [0.3, 0.4) is 0 Å². The lowest BCUT2D eigenvalue weighted by Crippen LogP contribution is -2.12. The largest absolute Gasteiger partial charge is 0.397 e. The van der Waals surface area contributed by atoms with Gasteiger partial charge in [-0.3, -0.25) is 4.79 Å². The number of H-pyrrole nitrogens is 1. The SMILES string of the molecule is Cc1cccc(NC(=O)c2cc(N)c[nH]2)c1. The number of rotatable bonds is 2. The number of hydrogen-bond acceptors (Lipinski definition) is 2. The van der Waals surface area contributed by atoms with Gasteiger partial charge in [-0.25, -0.2) is 0 Å². The van der Waals surface area contributed by atoms with Crippen molar-refractivity contribution in [2.45, 2.75) is 6.92 Å². The Morgan fingerprint density at radius 3 is 2.81 bits per heavy atom. The Balaban J connectivity index is 2.13. The van der Waals surface area contributed by atoms with Gasteiger partial charge in [0.25, 0.3) is 5.91 Å². The molecule has 0 bridgehead atoms. The predicted molar refractivity (Wildman–Crippen MR) is 64.3 cm³/mol. The molecular formula is C12H13N3O. The Bertz CT molecular complexity index is 516. The monoisotopic (exact) mass is 215 g/mol. The van der Waals surface area contributed by atoms with Crippen molar-refractivity contribution in [3.8, 4) is 0 Å². The van der Waals surface area contributed by atoms with Gasteiger partial charge in [0.05, 0.1) is 0 Å². The molecule has 0 radical (unpaired) electrons. The number of amides is 1. The summed E-state index contributed by atoms with van der Waals surface area (Å²) in [5.74, 6) is -0.192. The summed E-state index contributed by atoms with van der Waals surface area (Å²) < 4.78 is 0. The molecule has 0 saturated carbocycles. The van der Waals surface area contributed by atoms with E-state index in [9.17, 15) is 4.79 Å². The third kappa shape index (κ3) is 2.23. The molecule has 2 rings (SSSR count). The van der Waals surface area contributed by atoms with E-state index >= 15 is 0 Å². The van der Waals surface area contributed by atoms with Crippen LogP contribution < -0.4 is 11.1 Å². The molecule has 0 aliphatic carbocycles. The summed E-state index contributed by atoms with van der Waals surface area (Å²) in [7, 11) is 0. The number of aryl methyl sites for hydroxylation is 1. The van der Waals surface area contributed by atoms with Gasteiger partial charge in [0.2, 0.25) is 0 Å². The summed E-state index contributed by atoms with van der Waals surface area (Å²) in [6.07, 6.45) is 1.59. The Morgan fingerprint density at radius 1 is 1.38 bits per heavy atom. The molecule has 1 aromatic heterocycles. The van der Waals surface area contributed by atoms with Crippen LogP contribution in [-0.2, 0) is 0 Å². The molecule has 0 spiro atoms. The lowest BCUT2D eigenvalue weighted by atomic mass is 10.2. The maximum Gasteiger partial charge on any atom is 0.272 e. The zero-order chi connectivity index (χ0) is 11.5. The van der Waals surface area contributed by atoms with Gasteiger partial charge in [-0.05, 0) is 30.7 Å². The van der Waals surface area contributed by atoms with Crippen molar-refractivity contribution >= 4 is 17.3 Å². The lowest BCUT2D eigenvalue weighted by Gasteiger charge is -2.04. The zero-order valence-electron chi connectivity index (χ0n) is 8.95. The summed E-state index contributed by atoms with van der Waals surface area (Å²) in [4.78, 5) is 14.5. The van der Waals surface area contributed by atoms with Gasteiger partial charge in [-0.1, -0.05) is 12.1 Å². The smallest absolute Gasteiger partial charge is 0.272 e. The molecule has 2 aromatic rings. The Kier molecular flexibility index (Phi) is 2.64. The second-order valence-corrected chi connectivity index (χ2v) is 3.67. The van der Waals surface area contributed by atoms with Crippen molar-refractivity contribution in [3.63, 3.8) is 0 Å². The number of anilines is 2. The molecule has 0 saturated heterocycles. The molecule has 0 aliphatic heterocycles. The maximum atomic E-state index is 11.7. The van der Waals surface area contributed by atoms with Crippen LogP contribution in [-0.4, -0.2) is 10.9 Å². The van der Waals surface area contributed by atoms with Crippen LogP contribution in [0.1, 0.15) is 16.1 Å². The number of nitrogen functional groups attached to an aromatic ring is 1. The number of aromatic nitrogens is 1. The summed E-state index contributed by atoms with van der Waals surface area (Å²) in [5.41, 5.74) is 8.41. The Morgan fingerprint density at radius 2 is 2.19 bits per heavy atom. The van der Waals surface area contributed by atoms with Crippen molar-refractivity contribution < 1.29 is 4.79 Å². The first-order valence-corrected chi connectivity index (χ1v) is 4.97. The molecule has 16 heavy (non-hydrogen) atoms. The number of aromatic amines is 1. The second-order valence-electron chi connectivity index (χ2n) is 3.67. The minimum absolute atomic E-state index is 0.192. The maximum absolute atomic E-state index is 11.7. The minimum Gasteiger partial charge on any atom is -0.397 e. The van der Waals surface area contributed by atoms with E-state index in [0.717, 1.165) is 11.3 Å². The van der Waals surface area contributed by atoms with Crippen LogP contribution in [0.2, 0.25) is 0 Å². The van der Waals surface area contributed by atoms with Gasteiger partial charge < -0.3 is 16.0 Å². The van der Waals surface area contributed by atoms with Crippen molar-refractivity contribution in [2.24, 2.45) is 0 Å². The van der Waals surface area contributed by atoms with Gasteiger partial charge in [-0.15, -0.1) is 0 Å². The molecule has 82 valence electrons. The summed E-state index contributed by atoms with van der Waals surface area (Å²) >= 11 is 0. The van der Waals surface area contributed by atoms with Crippen molar-refractivity contribution in [3.05, 3.63) is 47.8 Å². The van der Waals surface area contributed by atoms with Crippen LogP contribution in [0, 0.1) is 6.92 Å². The van der Waals surface area contributed by atoms with Gasteiger partial charge in [0.15, 0.2) is 0 Å². The molecule has 4 nitrogen and oxygen atoms in total. The van der Waals surface area contributed by atoms with Crippen molar-refractivity contribution in [1.82, 2.24) is 4.98 Å². The molecule has 0 unspecified atom stereocenters. The third-order valence-corrected chi connectivity index (χ3v) is 2.23. The molecule has 1 aromatic carbocycles. The van der Waals surface area contributed by atoms with Crippen LogP contribution in [0.15, 0.2) is 36.5 Å². The zero-order valence-corrected chi connectivity index (χ0v) is 8.95. The fraction of sp³-hybridized carbons (Fsp3) is 0.0833. The minimum atomic E-state index is -0.192. The highest BCUT2D eigenvalue weighted by Crippen LogP contribution is 2.12. The molecule has 1 amide bonds. The van der Waals surface area contributed by atoms with Crippen molar-refractivity contribution in [2.75, 3.05) is 11.1 Å². The van der Waals surface area contributed by atoms with Crippen molar-refractivity contribution in [1.29, 1.82) is 0 Å². The lowest BCUT2D eigenvalue weighted by molar-refractivity contribution is 0.102. The predicted octanol–water partition coefficient (Wildman–Crippen LogP) is 2.16. The molecule has 4 N–H and O–H groups in total. The van der Waals surface area contributed by atoms with Crippen LogP contribution in [0.25, 0.3) is 0 Å². The van der Waals surface area contributed by atoms with E-state index in [2.05, 4.69) is 10.3 Å². The van der Waals surface area contributed by atoms with E-state index in [-0.39, 0.29) is 5.91 Å². The fourth-order valence-electron chi connectivity index (χ4n) is 1.46.